The molecule has 0 amide bonds. The SMILES string of the molecule is CN(C)c1ccc2cc3ccc(N(C)C)c(/C=C(\C#N)C(=O)O)c3nc2c1.CN1C(=Cc2cc[n+](CCCN)c3ccccc23)Sc2ccccc21.C[n+]1ccc(/C=C/c2ccc3c(c2)c2cc(/C=C/c4cc[n+](C)cc4)ccc2n3-c2ccccc2)cc1.Cc1ccc(S(=O)(=O)[O-])cc1.N#C/C(=C\c1cc2c3c(c1)CCCN3CCC2)C(=O)O.N#C/C(=C\c1ccc2ccc3cccc4ccc1c2c34)C(=O)O. The molecular weight excluding hydrogens is 1820 g/mol. The number of aliphatic carboxylic acids is 3. The highest BCUT2D eigenvalue weighted by Gasteiger charge is 2.27. The first-order chi connectivity index (χ1) is 69.1. The van der Waals surface area contributed by atoms with E-state index in [0.29, 0.717) is 17.6 Å². The van der Waals surface area contributed by atoms with Crippen LogP contribution in [-0.4, -0.2) is 111 Å². The highest BCUT2D eigenvalue weighted by molar-refractivity contribution is 8.03. The van der Waals surface area contributed by atoms with Crippen LogP contribution in [0.3, 0.4) is 0 Å². The van der Waals surface area contributed by atoms with Crippen LogP contribution in [0.25, 0.3) is 141 Å². The van der Waals surface area contributed by atoms with Crippen molar-refractivity contribution >= 4 is 198 Å². The summed E-state index contributed by atoms with van der Waals surface area (Å²) in [6, 6.07) is 97.2. The van der Waals surface area contributed by atoms with Gasteiger partial charge >= 0.3 is 17.9 Å². The van der Waals surface area contributed by atoms with E-state index in [1.54, 1.807) is 30.3 Å². The Morgan fingerprint density at radius 2 is 1.06 bits per heavy atom. The predicted octanol–water partition coefficient (Wildman–Crippen LogP) is 22.2. The number of rotatable bonds is 18. The Morgan fingerprint density at radius 3 is 1.64 bits per heavy atom. The molecular formula is C119H105N13O9S2+2. The number of hydrogen-bond acceptors (Lipinski definition) is 16. The number of nitrogens with zero attached hydrogens (tertiary/aromatic N) is 12. The first-order valence-electron chi connectivity index (χ1n) is 46.7. The highest BCUT2D eigenvalue weighted by Crippen LogP contribution is 2.47. The van der Waals surface area contributed by atoms with E-state index in [0.717, 1.165) is 123 Å². The zero-order valence-electron chi connectivity index (χ0n) is 80.4. The molecule has 3 aliphatic rings. The number of pyridine rings is 4. The Morgan fingerprint density at radius 1 is 0.517 bits per heavy atom. The largest absolute Gasteiger partial charge is 0.744 e. The lowest BCUT2D eigenvalue weighted by atomic mass is 9.90. The van der Waals surface area contributed by atoms with Crippen LogP contribution < -0.4 is 39.0 Å². The Hall–Kier alpha value is -17.2. The van der Waals surface area contributed by atoms with Crippen LogP contribution in [0.4, 0.5) is 22.7 Å². The number of aromatic nitrogens is 5. The fourth-order valence-corrected chi connectivity index (χ4v) is 19.7. The Balaban J connectivity index is 0.000000127. The molecule has 0 saturated heterocycles. The molecule has 143 heavy (non-hydrogen) atoms. The summed E-state index contributed by atoms with van der Waals surface area (Å²) in [5, 5.41) is 68.0. The van der Waals surface area contributed by atoms with Crippen LogP contribution in [0.2, 0.25) is 0 Å². The van der Waals surface area contributed by atoms with Gasteiger partial charge in [0, 0.05) is 146 Å². The molecule has 0 spiro atoms. The number of anilines is 4. The van der Waals surface area contributed by atoms with E-state index in [9.17, 15) is 37.7 Å². The average Bonchev–Trinajstić information content (AvgIpc) is 1.71. The number of aryl methyl sites for hydroxylation is 6. The highest BCUT2D eigenvalue weighted by atomic mass is 32.2. The van der Waals surface area contributed by atoms with E-state index >= 15 is 0 Å². The van der Waals surface area contributed by atoms with Crippen molar-refractivity contribution in [1.29, 1.82) is 15.8 Å². The number of fused-ring (bicyclic) bond motifs is 7. The fraction of sp³-hybridized carbons (Fsp3) is 0.143. The summed E-state index contributed by atoms with van der Waals surface area (Å²) in [4.78, 5) is 47.9. The topological polar surface area (TPSA) is 309 Å². The minimum absolute atomic E-state index is 0.178. The third kappa shape index (κ3) is 22.9. The standard InChI is InChI=1S/C34H29N3.C21H20N4O2.C21H22N3S.C20H11NO2.C16H16N2O2.C7H8O3S/c1-35-20-16-26(17-21-35)8-10-28-12-14-33-31(24-28)32-25-29(11-9-27-18-22-36(2)23-19-27)13-15-34(32)37(33)30-6-4-3-5-7-30;1-24(2)16-7-5-13-9-14-6-8-19(25(3)4)17(10-15(12-22)21(26)27)20(14)23-18(13)11-16;1-23-19-9-4-5-10-20(19)25-21(23)15-16-11-14-24(13-6-12-22)18-8-3-2-7-17(16)18;21-11-16(20(22)23)10-15-7-6-14-5-4-12-2-1-3-13-8-9-17(15)19(14)18(12)13;17-10-14(16(19)20)9-11-7-12-3-1-5-18-6-2-4-13(8-11)15(12)18;1-6-2-4-7(5-3-6)11(8,9)10/h3-25H,1-2H3;5-11H,1-4H3,(H,26,27);2-5,7-11,14-15H,6,12-13,22H2,1H3;1-10H,(H,22,23);7-9H,1-6H2,(H,19,20);2-5H,1H3,(H,8,9,10)/q+2;;+1;;;/p-1/b;15-10+;;16-10+;14-9+;. The van der Waals surface area contributed by atoms with Crippen LogP contribution in [0.15, 0.2) is 336 Å². The molecule has 0 aliphatic carbocycles. The number of nitrogens with two attached hydrogens (primary N) is 1. The van der Waals surface area contributed by atoms with Crippen molar-refractivity contribution in [2.24, 2.45) is 19.8 Å². The summed E-state index contributed by atoms with van der Waals surface area (Å²) in [5.74, 6) is -3.63. The van der Waals surface area contributed by atoms with Gasteiger partial charge in [-0.3, -0.25) is 0 Å². The molecule has 0 atom stereocenters. The van der Waals surface area contributed by atoms with E-state index in [4.69, 9.17) is 31.5 Å². The molecule has 21 rings (SSSR count). The van der Waals surface area contributed by atoms with Gasteiger partial charge < -0.3 is 49.8 Å². The normalized spacial score (nSPS) is 13.1. The molecule has 0 saturated carbocycles. The molecule has 8 heterocycles. The third-order valence-corrected chi connectivity index (χ3v) is 27.4. The second kappa shape index (κ2) is 44.3. The van der Waals surface area contributed by atoms with Crippen molar-refractivity contribution in [3.63, 3.8) is 0 Å². The van der Waals surface area contributed by atoms with E-state index in [-0.39, 0.29) is 21.6 Å². The second-order valence-electron chi connectivity index (χ2n) is 35.5. The smallest absolute Gasteiger partial charge is 0.346 e. The lowest BCUT2D eigenvalue weighted by Gasteiger charge is -2.37. The third-order valence-electron chi connectivity index (χ3n) is 25.3. The van der Waals surface area contributed by atoms with Gasteiger partial charge in [0.15, 0.2) is 31.0 Å². The van der Waals surface area contributed by atoms with Crippen molar-refractivity contribution in [2.45, 2.75) is 55.4 Å². The summed E-state index contributed by atoms with van der Waals surface area (Å²) >= 11 is 1.83. The summed E-state index contributed by atoms with van der Waals surface area (Å²) in [7, 11) is 9.61. The quantitative estimate of drug-likeness (QED) is 0.0155. The van der Waals surface area contributed by atoms with E-state index in [2.05, 4.69) is 257 Å². The lowest BCUT2D eigenvalue weighted by Crippen LogP contribution is -2.35. The maximum atomic E-state index is 11.4. The second-order valence-corrected chi connectivity index (χ2v) is 38.0. The maximum Gasteiger partial charge on any atom is 0.346 e. The summed E-state index contributed by atoms with van der Waals surface area (Å²) in [6.07, 6.45) is 31.1. The maximum absolute atomic E-state index is 11.4. The number of thioether (sulfide) groups is 1. The molecule has 13 aromatic carbocycles. The van der Waals surface area contributed by atoms with E-state index in [1.807, 2.05) is 159 Å². The van der Waals surface area contributed by atoms with Crippen molar-refractivity contribution < 1.29 is 56.4 Å². The van der Waals surface area contributed by atoms with Crippen LogP contribution in [0, 0.1) is 40.9 Å². The van der Waals surface area contributed by atoms with Gasteiger partial charge in [-0.15, -0.1) is 0 Å². The van der Waals surface area contributed by atoms with Gasteiger partial charge in [-0.2, -0.15) is 20.4 Å². The van der Waals surface area contributed by atoms with Gasteiger partial charge in [-0.25, -0.2) is 36.9 Å². The summed E-state index contributed by atoms with van der Waals surface area (Å²) in [6.45, 7) is 5.73. The number of carbonyl (C=O) groups is 3. The van der Waals surface area contributed by atoms with Crippen molar-refractivity contribution in [3.05, 3.63) is 387 Å². The fourth-order valence-electron chi connectivity index (χ4n) is 18.1. The van der Waals surface area contributed by atoms with Crippen LogP contribution in [0.1, 0.15) is 80.5 Å². The van der Waals surface area contributed by atoms with Gasteiger partial charge in [0.05, 0.1) is 43.1 Å². The van der Waals surface area contributed by atoms with Crippen LogP contribution in [0.5, 0.6) is 0 Å². The number of carboxylic acid groups (broad SMARTS) is 3. The number of hydrogen-bond donors (Lipinski definition) is 4. The molecule has 3 aliphatic heterocycles. The van der Waals surface area contributed by atoms with Crippen LogP contribution >= 0.6 is 11.8 Å². The number of para-hydroxylation sites is 3. The summed E-state index contributed by atoms with van der Waals surface area (Å²) < 4.78 is 39.9. The van der Waals surface area contributed by atoms with Gasteiger partial charge in [0.2, 0.25) is 5.52 Å². The van der Waals surface area contributed by atoms with Crippen molar-refractivity contribution in [3.8, 4) is 23.9 Å². The van der Waals surface area contributed by atoms with Crippen LogP contribution in [-0.2, 0) is 58.0 Å². The van der Waals surface area contributed by atoms with Crippen molar-refractivity contribution in [2.75, 3.05) is 74.5 Å². The molecule has 710 valence electrons. The van der Waals surface area contributed by atoms with Crippen molar-refractivity contribution in [1.82, 2.24) is 9.55 Å². The average molecular weight is 1930 g/mol. The van der Waals surface area contributed by atoms with E-state index < -0.39 is 28.0 Å². The lowest BCUT2D eigenvalue weighted by molar-refractivity contribution is -0.671. The molecule has 5 aromatic heterocycles. The molecule has 0 radical (unpaired) electrons. The molecule has 24 heteroatoms. The molecule has 0 unspecified atom stereocenters. The minimum Gasteiger partial charge on any atom is -0.744 e. The zero-order chi connectivity index (χ0) is 101. The molecule has 5 N–H and O–H groups in total. The first kappa shape index (κ1) is 98.9. The number of benzene rings is 13. The molecule has 18 aromatic rings. The van der Waals surface area contributed by atoms with Gasteiger partial charge in [0.1, 0.15) is 65.7 Å². The molecule has 0 bridgehead atoms. The van der Waals surface area contributed by atoms with Gasteiger partial charge in [0.25, 0.3) is 0 Å². The molecule has 0 fully saturated rings. The minimum atomic E-state index is -4.27. The zero-order valence-corrected chi connectivity index (χ0v) is 82.0. The number of carboxylic acids is 3. The predicted molar refractivity (Wildman–Crippen MR) is 577 cm³/mol. The molecule has 22 nitrogen and oxygen atoms in total. The first-order valence-corrected chi connectivity index (χ1v) is 48.9. The Labute approximate surface area is 834 Å². The Kier molecular flexibility index (Phi) is 30.6. The monoisotopic (exact) mass is 1920 g/mol. The van der Waals surface area contributed by atoms with E-state index in [1.165, 1.54) is 134 Å². The van der Waals surface area contributed by atoms with Gasteiger partial charge in [-0.1, -0.05) is 175 Å². The summed E-state index contributed by atoms with van der Waals surface area (Å²) in [5.41, 5.74) is 27.4. The number of nitriles is 3. The van der Waals surface area contributed by atoms with Gasteiger partial charge in [-0.05, 0) is 249 Å². The Bertz CT molecular complexity index is 8240.